The Morgan fingerprint density at radius 3 is 2.59 bits per heavy atom. The summed E-state index contributed by atoms with van der Waals surface area (Å²) in [6.45, 7) is 4.11. The Hall–Kier alpha value is -1.02. The third-order valence-corrected chi connectivity index (χ3v) is 3.51. The van der Waals surface area contributed by atoms with E-state index in [4.69, 9.17) is 10.5 Å². The number of hydrogen-bond acceptors (Lipinski definition) is 2. The summed E-state index contributed by atoms with van der Waals surface area (Å²) in [5.41, 5.74) is 8.35. The van der Waals surface area contributed by atoms with Gasteiger partial charge in [0.25, 0.3) is 0 Å². The van der Waals surface area contributed by atoms with Crippen LogP contribution >= 0.6 is 0 Å². The van der Waals surface area contributed by atoms with Gasteiger partial charge in [-0.3, -0.25) is 0 Å². The summed E-state index contributed by atoms with van der Waals surface area (Å²) in [5, 5.41) is 0. The monoisotopic (exact) mass is 233 g/mol. The number of rotatable bonds is 3. The summed E-state index contributed by atoms with van der Waals surface area (Å²) in [5.74, 6) is 0.993. The SMILES string of the molecule is Cc1ccc([C@H](C)N)c(OC2CCCCC2)c1. The first-order valence-electron chi connectivity index (χ1n) is 6.69. The molecular weight excluding hydrogens is 210 g/mol. The van der Waals surface area contributed by atoms with E-state index in [9.17, 15) is 0 Å². The van der Waals surface area contributed by atoms with E-state index >= 15 is 0 Å². The number of aryl methyl sites for hydroxylation is 1. The van der Waals surface area contributed by atoms with Gasteiger partial charge in [-0.2, -0.15) is 0 Å². The van der Waals surface area contributed by atoms with Crippen molar-refractivity contribution in [3.05, 3.63) is 29.3 Å². The summed E-state index contributed by atoms with van der Waals surface area (Å²) >= 11 is 0. The van der Waals surface area contributed by atoms with Gasteiger partial charge in [0.05, 0.1) is 6.10 Å². The molecule has 2 N–H and O–H groups in total. The molecule has 94 valence electrons. The maximum Gasteiger partial charge on any atom is 0.124 e. The summed E-state index contributed by atoms with van der Waals surface area (Å²) < 4.78 is 6.15. The fourth-order valence-corrected chi connectivity index (χ4v) is 2.48. The van der Waals surface area contributed by atoms with Crippen LogP contribution in [0.2, 0.25) is 0 Å². The molecule has 0 aliphatic heterocycles. The molecule has 2 heteroatoms. The van der Waals surface area contributed by atoms with E-state index < -0.39 is 0 Å². The third kappa shape index (κ3) is 3.22. The maximum atomic E-state index is 6.15. The van der Waals surface area contributed by atoms with E-state index in [0.29, 0.717) is 6.10 Å². The van der Waals surface area contributed by atoms with Crippen LogP contribution in [0.3, 0.4) is 0 Å². The molecule has 2 rings (SSSR count). The minimum atomic E-state index is 0.0363. The molecule has 0 amide bonds. The summed E-state index contributed by atoms with van der Waals surface area (Å²) in [4.78, 5) is 0. The molecule has 1 fully saturated rings. The van der Waals surface area contributed by atoms with Crippen molar-refractivity contribution in [2.45, 2.75) is 58.1 Å². The molecular formula is C15H23NO. The predicted octanol–water partition coefficient (Wildman–Crippen LogP) is 3.73. The average molecular weight is 233 g/mol. The molecule has 0 unspecified atom stereocenters. The molecule has 0 aromatic heterocycles. The van der Waals surface area contributed by atoms with Gasteiger partial charge in [0.1, 0.15) is 5.75 Å². The van der Waals surface area contributed by atoms with Gasteiger partial charge in [-0.25, -0.2) is 0 Å². The van der Waals surface area contributed by atoms with Crippen LogP contribution in [0.5, 0.6) is 5.75 Å². The summed E-state index contributed by atoms with van der Waals surface area (Å²) in [6.07, 6.45) is 6.71. The van der Waals surface area contributed by atoms with Gasteiger partial charge in [-0.05, 0) is 51.2 Å². The van der Waals surface area contributed by atoms with Crippen LogP contribution in [0.1, 0.15) is 56.2 Å². The minimum Gasteiger partial charge on any atom is -0.490 e. The number of benzene rings is 1. The van der Waals surface area contributed by atoms with Crippen LogP contribution in [0.4, 0.5) is 0 Å². The number of hydrogen-bond donors (Lipinski definition) is 1. The van der Waals surface area contributed by atoms with Gasteiger partial charge in [-0.15, -0.1) is 0 Å². The van der Waals surface area contributed by atoms with Crippen molar-refractivity contribution < 1.29 is 4.74 Å². The molecule has 1 saturated carbocycles. The van der Waals surface area contributed by atoms with Crippen molar-refractivity contribution in [2.24, 2.45) is 5.73 Å². The number of nitrogens with two attached hydrogens (primary N) is 1. The van der Waals surface area contributed by atoms with Crippen molar-refractivity contribution in [1.29, 1.82) is 0 Å². The molecule has 1 aliphatic carbocycles. The topological polar surface area (TPSA) is 35.2 Å². The van der Waals surface area contributed by atoms with Gasteiger partial charge in [0.2, 0.25) is 0 Å². The smallest absolute Gasteiger partial charge is 0.124 e. The van der Waals surface area contributed by atoms with Gasteiger partial charge in [0, 0.05) is 11.6 Å². The Morgan fingerprint density at radius 2 is 1.94 bits per heavy atom. The van der Waals surface area contributed by atoms with Gasteiger partial charge < -0.3 is 10.5 Å². The molecule has 1 aromatic rings. The van der Waals surface area contributed by atoms with Gasteiger partial charge >= 0.3 is 0 Å². The molecule has 0 spiro atoms. The highest BCUT2D eigenvalue weighted by molar-refractivity contribution is 5.39. The summed E-state index contributed by atoms with van der Waals surface area (Å²) in [6, 6.07) is 6.35. The van der Waals surface area contributed by atoms with E-state index in [2.05, 4.69) is 25.1 Å². The molecule has 1 aliphatic rings. The molecule has 1 atom stereocenters. The maximum absolute atomic E-state index is 6.15. The van der Waals surface area contributed by atoms with Crippen molar-refractivity contribution in [2.75, 3.05) is 0 Å². The van der Waals surface area contributed by atoms with Crippen molar-refractivity contribution >= 4 is 0 Å². The lowest BCUT2D eigenvalue weighted by atomic mass is 9.97. The Bertz CT molecular complexity index is 367. The van der Waals surface area contributed by atoms with Crippen molar-refractivity contribution in [3.63, 3.8) is 0 Å². The zero-order valence-corrected chi connectivity index (χ0v) is 10.9. The summed E-state index contributed by atoms with van der Waals surface area (Å²) in [7, 11) is 0. The van der Waals surface area contributed by atoms with E-state index in [1.807, 2.05) is 6.92 Å². The van der Waals surface area contributed by atoms with Crippen LogP contribution in [-0.4, -0.2) is 6.10 Å². The Kier molecular flexibility index (Phi) is 4.06. The average Bonchev–Trinajstić information content (AvgIpc) is 2.30. The van der Waals surface area contributed by atoms with Crippen LogP contribution in [0.15, 0.2) is 18.2 Å². The predicted molar refractivity (Wildman–Crippen MR) is 71.3 cm³/mol. The first-order chi connectivity index (χ1) is 8.16. The molecule has 1 aromatic carbocycles. The Labute approximate surface area is 104 Å². The lowest BCUT2D eigenvalue weighted by Crippen LogP contribution is -2.21. The molecule has 0 bridgehead atoms. The van der Waals surface area contributed by atoms with Crippen LogP contribution in [-0.2, 0) is 0 Å². The second-order valence-electron chi connectivity index (χ2n) is 5.21. The van der Waals surface area contributed by atoms with Crippen LogP contribution in [0, 0.1) is 6.92 Å². The highest BCUT2D eigenvalue weighted by atomic mass is 16.5. The second-order valence-corrected chi connectivity index (χ2v) is 5.21. The molecule has 0 heterocycles. The quantitative estimate of drug-likeness (QED) is 0.863. The Balaban J connectivity index is 2.14. The third-order valence-electron chi connectivity index (χ3n) is 3.51. The minimum absolute atomic E-state index is 0.0363. The largest absolute Gasteiger partial charge is 0.490 e. The zero-order valence-electron chi connectivity index (χ0n) is 10.9. The second kappa shape index (κ2) is 5.54. The Morgan fingerprint density at radius 1 is 1.24 bits per heavy atom. The molecule has 17 heavy (non-hydrogen) atoms. The van der Waals surface area contributed by atoms with Gasteiger partial charge in [-0.1, -0.05) is 18.6 Å². The van der Waals surface area contributed by atoms with Crippen molar-refractivity contribution in [1.82, 2.24) is 0 Å². The van der Waals surface area contributed by atoms with Crippen molar-refractivity contribution in [3.8, 4) is 5.75 Å². The lowest BCUT2D eigenvalue weighted by Gasteiger charge is -2.25. The molecule has 0 radical (unpaired) electrons. The molecule has 0 saturated heterocycles. The number of ether oxygens (including phenoxy) is 1. The zero-order chi connectivity index (χ0) is 12.3. The molecule has 2 nitrogen and oxygen atoms in total. The highest BCUT2D eigenvalue weighted by Gasteiger charge is 2.17. The normalized spacial score (nSPS) is 19.0. The van der Waals surface area contributed by atoms with E-state index in [1.165, 1.54) is 37.7 Å². The first-order valence-corrected chi connectivity index (χ1v) is 6.69. The van der Waals surface area contributed by atoms with Gasteiger partial charge in [0.15, 0.2) is 0 Å². The van der Waals surface area contributed by atoms with Crippen LogP contribution in [0.25, 0.3) is 0 Å². The first kappa shape index (κ1) is 12.4. The lowest BCUT2D eigenvalue weighted by molar-refractivity contribution is 0.153. The standard InChI is InChI=1S/C15H23NO/c1-11-8-9-14(12(2)16)15(10-11)17-13-6-4-3-5-7-13/h8-10,12-13H,3-7,16H2,1-2H3/t12-/m0/s1. The fraction of sp³-hybridized carbons (Fsp3) is 0.600. The van der Waals surface area contributed by atoms with E-state index in [0.717, 1.165) is 11.3 Å². The fourth-order valence-electron chi connectivity index (χ4n) is 2.48. The van der Waals surface area contributed by atoms with E-state index in [1.54, 1.807) is 0 Å². The van der Waals surface area contributed by atoms with Crippen LogP contribution < -0.4 is 10.5 Å². The van der Waals surface area contributed by atoms with E-state index in [-0.39, 0.29) is 6.04 Å². The highest BCUT2D eigenvalue weighted by Crippen LogP contribution is 2.29.